The Kier molecular flexibility index (Phi) is 7.35. The summed E-state index contributed by atoms with van der Waals surface area (Å²) < 4.78 is 10.4. The Bertz CT molecular complexity index is 487. The highest BCUT2D eigenvalue weighted by Crippen LogP contribution is 2.36. The highest BCUT2D eigenvalue weighted by atomic mass is 28.4. The fraction of sp³-hybridized carbons (Fsp3) is 0.947. The zero-order chi connectivity index (χ0) is 20.6. The van der Waals surface area contributed by atoms with Crippen molar-refractivity contribution in [3.8, 4) is 0 Å². The number of nitrogens with one attached hydrogen (secondary N) is 1. The van der Waals surface area contributed by atoms with Crippen LogP contribution in [0.25, 0.3) is 0 Å². The van der Waals surface area contributed by atoms with Gasteiger partial charge in [0.2, 0.25) is 0 Å². The maximum atomic E-state index is 4.15. The van der Waals surface area contributed by atoms with Crippen LogP contribution in [0.5, 0.6) is 0 Å². The number of hydrogen-bond acceptors (Lipinski definition) is 3. The molecule has 0 aromatic heterocycles. The summed E-state index contributed by atoms with van der Waals surface area (Å²) in [6.45, 7) is 21.8. The monoisotopic (exact) mass is 385 g/mol. The molecule has 1 rings (SSSR count). The van der Waals surface area contributed by atoms with Crippen molar-refractivity contribution in [3.05, 3.63) is 0 Å². The largest absolute Gasteiger partial charge is 0.593 e. The van der Waals surface area contributed by atoms with Crippen molar-refractivity contribution in [3.63, 3.8) is 0 Å². The Labute approximate surface area is 164 Å². The molecule has 0 spiro atoms. The first-order chi connectivity index (χ1) is 11.7. The molecule has 1 heterocycles. The van der Waals surface area contributed by atoms with E-state index < -0.39 is 8.72 Å². The van der Waals surface area contributed by atoms with Crippen LogP contribution in [0, 0.1) is 0 Å². The van der Waals surface area contributed by atoms with Crippen molar-refractivity contribution in [2.24, 2.45) is 0 Å². The lowest BCUT2D eigenvalue weighted by molar-refractivity contribution is -0.478. The highest BCUT2D eigenvalue weighted by molar-refractivity contribution is 6.79. The molecule has 1 atom stereocenters. The van der Waals surface area contributed by atoms with Crippen molar-refractivity contribution in [1.82, 2.24) is 23.6 Å². The van der Waals surface area contributed by atoms with Gasteiger partial charge in [-0.15, -0.1) is 0 Å². The van der Waals surface area contributed by atoms with E-state index in [9.17, 15) is 0 Å². The first-order valence-electron chi connectivity index (χ1n) is 10.1. The lowest BCUT2D eigenvalue weighted by Crippen LogP contribution is -2.98. The van der Waals surface area contributed by atoms with Crippen molar-refractivity contribution in [1.29, 1.82) is 0 Å². The molecule has 1 unspecified atom stereocenters. The third-order valence-electron chi connectivity index (χ3n) is 5.02. The molecule has 1 N–H and O–H groups in total. The van der Waals surface area contributed by atoms with Crippen LogP contribution in [0.2, 0.25) is 0 Å². The molecule has 7 heteroatoms. The lowest BCUT2D eigenvalue weighted by atomic mass is 10.1. The molecule has 1 fully saturated rings. The summed E-state index contributed by atoms with van der Waals surface area (Å²) in [7, 11) is 6.38. The highest BCUT2D eigenvalue weighted by Gasteiger charge is 2.76. The summed E-state index contributed by atoms with van der Waals surface area (Å²) in [4.78, 5) is 6.47. The zero-order valence-electron chi connectivity index (χ0n) is 19.7. The van der Waals surface area contributed by atoms with Crippen LogP contribution in [0.3, 0.4) is 0 Å². The van der Waals surface area contributed by atoms with Gasteiger partial charge in [-0.1, -0.05) is 6.92 Å². The Hall–Kier alpha value is -0.633. The van der Waals surface area contributed by atoms with Gasteiger partial charge in [-0.05, 0) is 76.0 Å². The quantitative estimate of drug-likeness (QED) is 0.412. The predicted molar refractivity (Wildman–Crippen MR) is 115 cm³/mol. The van der Waals surface area contributed by atoms with Gasteiger partial charge in [0.25, 0.3) is 0 Å². The maximum absolute atomic E-state index is 4.15. The Morgan fingerprint density at radius 3 is 1.65 bits per heavy atom. The number of rotatable bonds is 7. The molecule has 0 bridgehead atoms. The van der Waals surface area contributed by atoms with Crippen LogP contribution in [0.4, 0.5) is 0 Å². The minimum atomic E-state index is -2.31. The van der Waals surface area contributed by atoms with E-state index in [0.29, 0.717) is 18.2 Å². The summed E-state index contributed by atoms with van der Waals surface area (Å²) >= 11 is 0. The summed E-state index contributed by atoms with van der Waals surface area (Å²) in [6.07, 6.45) is 0.354. The molecule has 1 aliphatic rings. The molecule has 0 amide bonds. The van der Waals surface area contributed by atoms with E-state index in [1.807, 2.05) is 0 Å². The second-order valence-corrected chi connectivity index (χ2v) is 12.6. The summed E-state index contributed by atoms with van der Waals surface area (Å²) in [5, 5.41) is 0. The standard InChI is InChI=1S/C19H45N6Si/c1-14-23(17(6)21(10)11)26(20-19(7,8)9)24(15(2)3)18(22(12)13)25(26)16(4)5/h15-17,20H,14H2,1-13H3/q+1. The third-order valence-corrected chi connectivity index (χ3v) is 10.4. The number of hydrogen-bond donors (Lipinski definition) is 1. The van der Waals surface area contributed by atoms with Crippen molar-refractivity contribution in [2.75, 3.05) is 34.7 Å². The van der Waals surface area contributed by atoms with E-state index in [-0.39, 0.29) is 5.54 Å². The molecule has 154 valence electrons. The van der Waals surface area contributed by atoms with Crippen molar-refractivity contribution < 1.29 is 4.58 Å². The molecule has 26 heavy (non-hydrogen) atoms. The van der Waals surface area contributed by atoms with Gasteiger partial charge in [-0.25, -0.2) is 13.7 Å². The fourth-order valence-electron chi connectivity index (χ4n) is 4.08. The van der Waals surface area contributed by atoms with Gasteiger partial charge < -0.3 is 0 Å². The molecule has 0 aromatic carbocycles. The van der Waals surface area contributed by atoms with Crippen LogP contribution in [0.1, 0.15) is 62.3 Å². The van der Waals surface area contributed by atoms with Gasteiger partial charge in [0, 0.05) is 5.54 Å². The zero-order valence-corrected chi connectivity index (χ0v) is 20.7. The van der Waals surface area contributed by atoms with Gasteiger partial charge in [0.05, 0.1) is 32.3 Å². The normalized spacial score (nSPS) is 22.7. The Balaban J connectivity index is 3.71. The SMILES string of the molecule is CCN(C(C)N(C)C)[Si]1(NC(C)(C)C)N(C(C)C)C(=[N+](C)C)N1C(C)C. The second-order valence-electron chi connectivity index (χ2n) is 9.51. The average molecular weight is 386 g/mol. The minimum absolute atomic E-state index is 0.0315. The molecule has 0 aliphatic carbocycles. The Morgan fingerprint density at radius 1 is 1.00 bits per heavy atom. The fourth-order valence-corrected chi connectivity index (χ4v) is 9.92. The second kappa shape index (κ2) is 8.16. The molecular weight excluding hydrogens is 340 g/mol. The summed E-state index contributed by atoms with van der Waals surface area (Å²) in [5.41, 5.74) is 0.0315. The topological polar surface area (TPSA) is 28.0 Å². The average Bonchev–Trinajstić information content (AvgIpc) is 2.41. The van der Waals surface area contributed by atoms with Crippen LogP contribution in [-0.4, -0.2) is 96.4 Å². The van der Waals surface area contributed by atoms with E-state index in [0.717, 1.165) is 6.54 Å². The van der Waals surface area contributed by atoms with E-state index in [2.05, 4.69) is 119 Å². The first-order valence-corrected chi connectivity index (χ1v) is 11.9. The van der Waals surface area contributed by atoms with E-state index in [1.54, 1.807) is 0 Å². The van der Waals surface area contributed by atoms with Crippen LogP contribution >= 0.6 is 0 Å². The van der Waals surface area contributed by atoms with Gasteiger partial charge in [0.1, 0.15) is 0 Å². The van der Waals surface area contributed by atoms with Gasteiger partial charge in [0.15, 0.2) is 0 Å². The molecular formula is C19H45N6Si+. The Morgan fingerprint density at radius 2 is 1.42 bits per heavy atom. The molecule has 1 saturated heterocycles. The molecule has 0 aromatic rings. The van der Waals surface area contributed by atoms with Crippen LogP contribution in [0.15, 0.2) is 0 Å². The smallest absolute Gasteiger partial charge is 0.295 e. The predicted octanol–water partition coefficient (Wildman–Crippen LogP) is 2.10. The lowest BCUT2D eigenvalue weighted by Gasteiger charge is -2.61. The summed E-state index contributed by atoms with van der Waals surface area (Å²) in [6, 6.07) is 0.875. The van der Waals surface area contributed by atoms with Crippen LogP contribution in [-0.2, 0) is 0 Å². The molecule has 6 nitrogen and oxygen atoms in total. The van der Waals surface area contributed by atoms with E-state index in [1.165, 1.54) is 5.96 Å². The van der Waals surface area contributed by atoms with Gasteiger partial charge in [-0.2, -0.15) is 0 Å². The molecule has 0 saturated carbocycles. The van der Waals surface area contributed by atoms with Crippen molar-refractivity contribution in [2.45, 2.75) is 86.1 Å². The number of guanidine groups is 1. The van der Waals surface area contributed by atoms with Gasteiger partial charge >= 0.3 is 14.7 Å². The van der Waals surface area contributed by atoms with Gasteiger partial charge in [-0.3, -0.25) is 14.5 Å². The van der Waals surface area contributed by atoms with E-state index >= 15 is 0 Å². The van der Waals surface area contributed by atoms with Crippen LogP contribution < -0.4 is 4.98 Å². The molecule has 1 aliphatic heterocycles. The third kappa shape index (κ3) is 4.10. The minimum Gasteiger partial charge on any atom is -0.295 e. The summed E-state index contributed by atoms with van der Waals surface area (Å²) in [5.74, 6) is 1.34. The van der Waals surface area contributed by atoms with E-state index in [4.69, 9.17) is 0 Å². The molecule has 0 radical (unpaired) electrons. The number of nitrogens with zero attached hydrogens (tertiary/aromatic N) is 5. The maximum Gasteiger partial charge on any atom is 0.593 e. The van der Waals surface area contributed by atoms with Crippen molar-refractivity contribution >= 4 is 14.7 Å². The first kappa shape index (κ1) is 23.4.